The van der Waals surface area contributed by atoms with Crippen molar-refractivity contribution in [2.75, 3.05) is 0 Å². The third-order valence-electron chi connectivity index (χ3n) is 1.89. The number of aromatic amines is 1. The van der Waals surface area contributed by atoms with Crippen LogP contribution >= 0.6 is 27.5 Å². The van der Waals surface area contributed by atoms with Gasteiger partial charge in [0, 0.05) is 16.1 Å². The topological polar surface area (TPSA) is 91.5 Å². The molecular formula is C8H4BrClKNO5S. The Morgan fingerprint density at radius 2 is 2.06 bits per heavy atom. The van der Waals surface area contributed by atoms with Crippen molar-refractivity contribution >= 4 is 48.8 Å². The molecule has 0 radical (unpaired) electrons. The first-order valence-electron chi connectivity index (χ1n) is 4.15. The molecule has 18 heavy (non-hydrogen) atoms. The summed E-state index contributed by atoms with van der Waals surface area (Å²) in [7, 11) is -4.91. The Bertz CT molecular complexity index is 673. The summed E-state index contributed by atoms with van der Waals surface area (Å²) in [5, 5.41) is 0.994. The number of hydrogen-bond acceptors (Lipinski definition) is 5. The van der Waals surface area contributed by atoms with Crippen molar-refractivity contribution in [3.8, 4) is 5.75 Å². The molecule has 92 valence electrons. The van der Waals surface area contributed by atoms with Crippen LogP contribution in [0.2, 0.25) is 5.02 Å². The van der Waals surface area contributed by atoms with E-state index in [0.717, 1.165) is 0 Å². The van der Waals surface area contributed by atoms with Gasteiger partial charge in [0.1, 0.15) is 0 Å². The zero-order valence-corrected chi connectivity index (χ0v) is 15.2. The maximum atomic E-state index is 10.2. The SMILES string of the molecule is O=S(=O)([O-])OOc1c[nH]c2cc(Cl)c(Br)cc12.[K+]. The molecule has 1 heterocycles. The Morgan fingerprint density at radius 3 is 2.67 bits per heavy atom. The fraction of sp³-hybridized carbons (Fsp3) is 0. The third-order valence-corrected chi connectivity index (χ3v) is 3.32. The normalized spacial score (nSPS) is 11.3. The van der Waals surface area contributed by atoms with Crippen molar-refractivity contribution in [1.29, 1.82) is 0 Å². The summed E-state index contributed by atoms with van der Waals surface area (Å²) in [6.45, 7) is 0. The second-order valence-corrected chi connectivity index (χ2v) is 5.24. The summed E-state index contributed by atoms with van der Waals surface area (Å²) < 4.78 is 35.0. The summed E-state index contributed by atoms with van der Waals surface area (Å²) in [6, 6.07) is 3.21. The number of rotatable bonds is 3. The minimum Gasteiger partial charge on any atom is -0.723 e. The Morgan fingerprint density at radius 1 is 1.39 bits per heavy atom. The predicted octanol–water partition coefficient (Wildman–Crippen LogP) is -0.642. The van der Waals surface area contributed by atoms with Crippen LogP contribution in [0.4, 0.5) is 0 Å². The number of aromatic nitrogens is 1. The monoisotopic (exact) mass is 379 g/mol. The Kier molecular flexibility index (Phi) is 6.12. The smallest absolute Gasteiger partial charge is 0.723 e. The van der Waals surface area contributed by atoms with Gasteiger partial charge in [-0.15, -0.1) is 0 Å². The van der Waals surface area contributed by atoms with Gasteiger partial charge in [-0.3, -0.25) is 0 Å². The van der Waals surface area contributed by atoms with E-state index in [0.29, 0.717) is 20.4 Å². The molecule has 10 heteroatoms. The van der Waals surface area contributed by atoms with E-state index in [2.05, 4.69) is 30.1 Å². The molecule has 0 unspecified atom stereocenters. The molecule has 0 bridgehead atoms. The molecule has 6 nitrogen and oxygen atoms in total. The number of hydrogen-bond donors (Lipinski definition) is 1. The van der Waals surface area contributed by atoms with Crippen molar-refractivity contribution in [1.82, 2.24) is 4.98 Å². The molecule has 0 aliphatic rings. The first-order chi connectivity index (χ1) is 7.87. The number of benzene rings is 1. The van der Waals surface area contributed by atoms with Gasteiger partial charge >= 0.3 is 51.4 Å². The van der Waals surface area contributed by atoms with Gasteiger partial charge in [-0.05, 0) is 28.1 Å². The summed E-state index contributed by atoms with van der Waals surface area (Å²) >= 11 is 9.07. The maximum Gasteiger partial charge on any atom is 1.00 e. The van der Waals surface area contributed by atoms with E-state index in [1.54, 1.807) is 12.1 Å². The minimum atomic E-state index is -4.91. The molecule has 0 saturated carbocycles. The van der Waals surface area contributed by atoms with Crippen LogP contribution in [0.25, 0.3) is 10.9 Å². The molecule has 0 amide bonds. The molecule has 1 aromatic heterocycles. The first kappa shape index (κ1) is 16.9. The van der Waals surface area contributed by atoms with E-state index < -0.39 is 10.4 Å². The summed E-state index contributed by atoms with van der Waals surface area (Å²) in [4.78, 5) is 7.21. The van der Waals surface area contributed by atoms with E-state index >= 15 is 0 Å². The molecule has 1 aromatic carbocycles. The van der Waals surface area contributed by atoms with Gasteiger partial charge in [-0.1, -0.05) is 15.9 Å². The predicted molar refractivity (Wildman–Crippen MR) is 62.4 cm³/mol. The summed E-state index contributed by atoms with van der Waals surface area (Å²) in [5.41, 5.74) is 0.611. The van der Waals surface area contributed by atoms with Gasteiger partial charge in [0.2, 0.25) is 0 Å². The van der Waals surface area contributed by atoms with E-state index in [-0.39, 0.29) is 57.1 Å². The minimum absolute atomic E-state index is 0. The van der Waals surface area contributed by atoms with Gasteiger partial charge in [0.05, 0.1) is 10.5 Å². The van der Waals surface area contributed by atoms with Gasteiger partial charge in [-0.25, -0.2) is 8.42 Å². The molecule has 1 N–H and O–H groups in total. The Balaban J connectivity index is 0.00000162. The first-order valence-corrected chi connectivity index (χ1v) is 6.65. The van der Waals surface area contributed by atoms with Crippen molar-refractivity contribution < 1.29 is 73.6 Å². The second kappa shape index (κ2) is 6.52. The van der Waals surface area contributed by atoms with E-state index in [1.807, 2.05) is 0 Å². The Hall–Kier alpha value is 0.836. The van der Waals surface area contributed by atoms with Crippen LogP contribution in [0, 0.1) is 0 Å². The molecule has 0 aliphatic heterocycles. The van der Waals surface area contributed by atoms with Crippen LogP contribution in [0.5, 0.6) is 5.75 Å². The van der Waals surface area contributed by atoms with Crippen molar-refractivity contribution in [2.24, 2.45) is 0 Å². The molecule has 2 rings (SSSR count). The molecule has 0 fully saturated rings. The fourth-order valence-electron chi connectivity index (χ4n) is 1.24. The number of H-pyrrole nitrogens is 1. The number of halogens is 2. The fourth-order valence-corrected chi connectivity index (χ4v) is 1.90. The Labute approximate surface area is 158 Å². The maximum absolute atomic E-state index is 10.2. The summed E-state index contributed by atoms with van der Waals surface area (Å²) in [6.07, 6.45) is 1.35. The number of nitrogens with one attached hydrogen (secondary N) is 1. The van der Waals surface area contributed by atoms with Crippen LogP contribution in [-0.2, 0) is 14.7 Å². The van der Waals surface area contributed by atoms with Gasteiger partial charge < -0.3 is 14.4 Å². The molecule has 0 atom stereocenters. The molecular weight excluding hydrogens is 377 g/mol. The average molecular weight is 381 g/mol. The van der Waals surface area contributed by atoms with Gasteiger partial charge in [0.25, 0.3) is 10.4 Å². The molecule has 0 spiro atoms. The standard InChI is InChI=1S/C8H5BrClNO5S.K/c9-5-1-4-7(2-6(5)10)11-3-8(4)15-16-17(12,13)14;/h1-3,11H,(H,12,13,14);/q;+1/p-1. The van der Waals surface area contributed by atoms with Gasteiger partial charge in [0.15, 0.2) is 5.75 Å². The van der Waals surface area contributed by atoms with Crippen LogP contribution in [0.3, 0.4) is 0 Å². The van der Waals surface area contributed by atoms with Crippen LogP contribution in [-0.4, -0.2) is 18.0 Å². The van der Waals surface area contributed by atoms with Crippen molar-refractivity contribution in [2.45, 2.75) is 0 Å². The van der Waals surface area contributed by atoms with Crippen molar-refractivity contribution in [3.05, 3.63) is 27.8 Å². The molecule has 0 saturated heterocycles. The largest absolute Gasteiger partial charge is 1.00 e. The second-order valence-electron chi connectivity index (χ2n) is 3.02. The van der Waals surface area contributed by atoms with Crippen LogP contribution in [0.15, 0.2) is 22.8 Å². The van der Waals surface area contributed by atoms with E-state index in [1.165, 1.54) is 6.20 Å². The summed E-state index contributed by atoms with van der Waals surface area (Å²) in [5.74, 6) is 0.0665. The zero-order chi connectivity index (χ0) is 12.6. The zero-order valence-electron chi connectivity index (χ0n) is 8.94. The van der Waals surface area contributed by atoms with Crippen LogP contribution in [0.1, 0.15) is 0 Å². The molecule has 0 aliphatic carbocycles. The van der Waals surface area contributed by atoms with Crippen LogP contribution < -0.4 is 56.3 Å². The molecule has 2 aromatic rings. The van der Waals surface area contributed by atoms with Gasteiger partial charge in [-0.2, -0.15) is 0 Å². The van der Waals surface area contributed by atoms with Crippen molar-refractivity contribution in [3.63, 3.8) is 0 Å². The average Bonchev–Trinajstić information content (AvgIpc) is 2.57. The third kappa shape index (κ3) is 4.17. The number of fused-ring (bicyclic) bond motifs is 1. The van der Waals surface area contributed by atoms with E-state index in [9.17, 15) is 13.0 Å². The van der Waals surface area contributed by atoms with E-state index in [4.69, 9.17) is 11.6 Å². The quantitative estimate of drug-likeness (QED) is 0.251.